The van der Waals surface area contributed by atoms with Gasteiger partial charge < -0.3 is 0 Å². The topological polar surface area (TPSA) is 101 Å². The van der Waals surface area contributed by atoms with E-state index in [2.05, 4.69) is 10.9 Å². The summed E-state index contributed by atoms with van der Waals surface area (Å²) in [6, 6.07) is -0.775. The Morgan fingerprint density at radius 1 is 1.20 bits per heavy atom. The number of nitrogens with one attached hydrogen (secondary N) is 2. The molecule has 82 valence electrons. The van der Waals surface area contributed by atoms with Gasteiger partial charge in [-0.1, -0.05) is 0 Å². The number of hydrogen-bond donors (Lipinski definition) is 2. The van der Waals surface area contributed by atoms with Crippen molar-refractivity contribution in [2.75, 3.05) is 0 Å². The lowest BCUT2D eigenvalue weighted by Gasteiger charge is -2.04. The molecule has 2 fully saturated rings. The Bertz CT molecular complexity index is 326. The second-order valence-electron chi connectivity index (χ2n) is 3.95. The maximum atomic E-state index is 11.2. The number of nitro groups is 1. The lowest BCUT2D eigenvalue weighted by Crippen LogP contribution is -2.43. The number of nitrogens with zero attached hydrogens (tertiary/aromatic N) is 1. The lowest BCUT2D eigenvalue weighted by atomic mass is 10.4. The van der Waals surface area contributed by atoms with E-state index in [1.165, 1.54) is 0 Å². The molecule has 0 radical (unpaired) electrons. The van der Waals surface area contributed by atoms with Gasteiger partial charge in [0.25, 0.3) is 0 Å². The standard InChI is InChI=1S/C8H11N3O4/c12-7(4-1-2-4)9-10-8(13)5-3-6(5)11(14)15/h4-6H,1-3H2,(H,9,12)(H,10,13)/t5-,6-/m0/s1. The molecule has 7 heteroatoms. The van der Waals surface area contributed by atoms with Crippen LogP contribution in [0, 0.1) is 22.0 Å². The van der Waals surface area contributed by atoms with Crippen molar-refractivity contribution in [1.82, 2.24) is 10.9 Å². The predicted octanol–water partition coefficient (Wildman–Crippen LogP) is -0.791. The summed E-state index contributed by atoms with van der Waals surface area (Å²) < 4.78 is 0. The van der Waals surface area contributed by atoms with E-state index in [1.54, 1.807) is 0 Å². The first kappa shape index (κ1) is 9.88. The van der Waals surface area contributed by atoms with Crippen molar-refractivity contribution in [3.63, 3.8) is 0 Å². The average Bonchev–Trinajstić information content (AvgIpc) is 3.05. The Morgan fingerprint density at radius 3 is 2.27 bits per heavy atom. The van der Waals surface area contributed by atoms with Crippen molar-refractivity contribution in [2.45, 2.75) is 25.3 Å². The molecule has 15 heavy (non-hydrogen) atoms. The van der Waals surface area contributed by atoms with Gasteiger partial charge in [-0.15, -0.1) is 0 Å². The van der Waals surface area contributed by atoms with Crippen molar-refractivity contribution in [2.24, 2.45) is 11.8 Å². The molecule has 0 bridgehead atoms. The normalized spacial score (nSPS) is 28.0. The molecule has 0 aromatic carbocycles. The summed E-state index contributed by atoms with van der Waals surface area (Å²) in [5, 5.41) is 10.3. The quantitative estimate of drug-likeness (QED) is 0.473. The van der Waals surface area contributed by atoms with Crippen molar-refractivity contribution in [1.29, 1.82) is 0 Å². The highest BCUT2D eigenvalue weighted by molar-refractivity contribution is 5.86. The molecule has 0 aliphatic heterocycles. The van der Waals surface area contributed by atoms with E-state index in [1.807, 2.05) is 0 Å². The van der Waals surface area contributed by atoms with Gasteiger partial charge in [0.15, 0.2) is 0 Å². The first-order valence-corrected chi connectivity index (χ1v) is 4.83. The van der Waals surface area contributed by atoms with Crippen LogP contribution in [0.5, 0.6) is 0 Å². The van der Waals surface area contributed by atoms with Crippen LogP contribution in [0.3, 0.4) is 0 Å². The van der Waals surface area contributed by atoms with E-state index in [-0.39, 0.29) is 18.2 Å². The van der Waals surface area contributed by atoms with Gasteiger partial charge in [0.05, 0.1) is 0 Å². The molecule has 2 atom stereocenters. The lowest BCUT2D eigenvalue weighted by molar-refractivity contribution is -0.497. The van der Waals surface area contributed by atoms with Crippen LogP contribution in [0.15, 0.2) is 0 Å². The molecule has 2 amide bonds. The number of hydrazine groups is 1. The van der Waals surface area contributed by atoms with Gasteiger partial charge in [-0.2, -0.15) is 0 Å². The highest BCUT2D eigenvalue weighted by Gasteiger charge is 2.53. The van der Waals surface area contributed by atoms with E-state index in [4.69, 9.17) is 0 Å². The second-order valence-corrected chi connectivity index (χ2v) is 3.95. The van der Waals surface area contributed by atoms with Crippen molar-refractivity contribution >= 4 is 11.8 Å². The maximum Gasteiger partial charge on any atom is 0.248 e. The maximum absolute atomic E-state index is 11.2. The monoisotopic (exact) mass is 213 g/mol. The second kappa shape index (κ2) is 3.48. The zero-order valence-electron chi connectivity index (χ0n) is 7.93. The molecule has 0 aromatic heterocycles. The predicted molar refractivity (Wildman–Crippen MR) is 47.9 cm³/mol. The first-order chi connectivity index (χ1) is 7.09. The molecule has 2 saturated carbocycles. The van der Waals surface area contributed by atoms with Gasteiger partial charge in [-0.05, 0) is 12.8 Å². The van der Waals surface area contributed by atoms with Crippen molar-refractivity contribution in [3.05, 3.63) is 10.1 Å². The molecule has 2 N–H and O–H groups in total. The van der Waals surface area contributed by atoms with Crippen LogP contribution in [0.1, 0.15) is 19.3 Å². The summed E-state index contributed by atoms with van der Waals surface area (Å²) in [7, 11) is 0. The molecule has 0 spiro atoms. The molecular formula is C8H11N3O4. The van der Waals surface area contributed by atoms with Gasteiger partial charge in [-0.25, -0.2) is 0 Å². The minimum atomic E-state index is -0.775. The summed E-state index contributed by atoms with van der Waals surface area (Å²) in [5.41, 5.74) is 4.47. The van der Waals surface area contributed by atoms with Crippen LogP contribution >= 0.6 is 0 Å². The highest BCUT2D eigenvalue weighted by Crippen LogP contribution is 2.33. The third-order valence-electron chi connectivity index (χ3n) is 2.62. The molecule has 0 saturated heterocycles. The molecule has 0 aromatic rings. The third-order valence-corrected chi connectivity index (χ3v) is 2.62. The molecule has 7 nitrogen and oxygen atoms in total. The molecule has 0 unspecified atom stereocenters. The summed E-state index contributed by atoms with van der Waals surface area (Å²) in [4.78, 5) is 32.2. The van der Waals surface area contributed by atoms with Crippen LogP contribution in [-0.4, -0.2) is 22.8 Å². The number of carbonyl (C=O) groups excluding carboxylic acids is 2. The average molecular weight is 213 g/mol. The zero-order chi connectivity index (χ0) is 11.0. The first-order valence-electron chi connectivity index (χ1n) is 4.83. The van der Waals surface area contributed by atoms with Crippen LogP contribution < -0.4 is 10.9 Å². The SMILES string of the molecule is O=C(NNC(=O)[C@H]1C[C@@H]1[N+](=O)[O-])C1CC1. The zero-order valence-corrected chi connectivity index (χ0v) is 7.93. The number of rotatable bonds is 3. The number of hydrogen-bond acceptors (Lipinski definition) is 4. The van der Waals surface area contributed by atoms with Gasteiger partial charge in [0.1, 0.15) is 5.92 Å². The van der Waals surface area contributed by atoms with E-state index in [0.717, 1.165) is 12.8 Å². The van der Waals surface area contributed by atoms with Crippen molar-refractivity contribution in [3.8, 4) is 0 Å². The third kappa shape index (κ3) is 2.23. The fourth-order valence-corrected chi connectivity index (χ4v) is 1.36. The smallest absolute Gasteiger partial charge is 0.248 e. The summed E-state index contributed by atoms with van der Waals surface area (Å²) in [6.45, 7) is 0. The van der Waals surface area contributed by atoms with Crippen molar-refractivity contribution < 1.29 is 14.5 Å². The van der Waals surface area contributed by atoms with Gasteiger partial charge >= 0.3 is 0 Å². The Hall–Kier alpha value is -1.66. The van der Waals surface area contributed by atoms with E-state index >= 15 is 0 Å². The summed E-state index contributed by atoms with van der Waals surface area (Å²) >= 11 is 0. The highest BCUT2D eigenvalue weighted by atomic mass is 16.6. The molecule has 0 heterocycles. The number of carbonyl (C=O) groups is 2. The Kier molecular flexibility index (Phi) is 2.29. The molecule has 2 rings (SSSR count). The van der Waals surface area contributed by atoms with Gasteiger partial charge in [-0.3, -0.25) is 30.6 Å². The van der Waals surface area contributed by atoms with Crippen LogP contribution in [0.4, 0.5) is 0 Å². The van der Waals surface area contributed by atoms with E-state index in [9.17, 15) is 19.7 Å². The van der Waals surface area contributed by atoms with Crippen LogP contribution in [0.25, 0.3) is 0 Å². The fraction of sp³-hybridized carbons (Fsp3) is 0.750. The minimum Gasteiger partial charge on any atom is -0.273 e. The van der Waals surface area contributed by atoms with E-state index in [0.29, 0.717) is 0 Å². The van der Waals surface area contributed by atoms with Crippen LogP contribution in [-0.2, 0) is 9.59 Å². The summed E-state index contributed by atoms with van der Waals surface area (Å²) in [6.07, 6.45) is 1.96. The Balaban J connectivity index is 1.69. The fourth-order valence-electron chi connectivity index (χ4n) is 1.36. The van der Waals surface area contributed by atoms with E-state index < -0.39 is 22.8 Å². The molecule has 2 aliphatic carbocycles. The number of amides is 2. The van der Waals surface area contributed by atoms with Crippen LogP contribution in [0.2, 0.25) is 0 Å². The van der Waals surface area contributed by atoms with Gasteiger partial charge in [0, 0.05) is 17.3 Å². The Morgan fingerprint density at radius 2 is 1.80 bits per heavy atom. The molecular weight excluding hydrogens is 202 g/mol. The molecule has 2 aliphatic rings. The summed E-state index contributed by atoms with van der Waals surface area (Å²) in [5.74, 6) is -1.25. The van der Waals surface area contributed by atoms with Gasteiger partial charge in [0.2, 0.25) is 17.9 Å². The Labute approximate surface area is 85.3 Å². The minimum absolute atomic E-state index is 0.0100. The largest absolute Gasteiger partial charge is 0.273 e.